The zero-order valence-electron chi connectivity index (χ0n) is 10.5. The number of esters is 1. The Morgan fingerprint density at radius 1 is 1.58 bits per heavy atom. The van der Waals surface area contributed by atoms with Gasteiger partial charge in [0.1, 0.15) is 11.8 Å². The van der Waals surface area contributed by atoms with Crippen LogP contribution in [0.4, 0.5) is 11.4 Å². The first-order valence-corrected chi connectivity index (χ1v) is 5.99. The Labute approximate surface area is 115 Å². The third-order valence-corrected chi connectivity index (χ3v) is 2.94. The van der Waals surface area contributed by atoms with Crippen molar-refractivity contribution >= 4 is 34.9 Å². The normalized spacial score (nSPS) is 14.8. The number of methoxy groups -OCH3 is 1. The third-order valence-electron chi connectivity index (χ3n) is 2.63. The molecule has 0 radical (unpaired) electrons. The number of benzene rings is 1. The largest absolute Gasteiger partial charge is 0.482 e. The van der Waals surface area contributed by atoms with Gasteiger partial charge in [0, 0.05) is 6.07 Å². The van der Waals surface area contributed by atoms with Crippen LogP contribution in [0, 0.1) is 0 Å². The summed E-state index contributed by atoms with van der Waals surface area (Å²) in [4.78, 5) is 22.5. The molecule has 0 aromatic heterocycles. The zero-order valence-corrected chi connectivity index (χ0v) is 11.2. The minimum absolute atomic E-state index is 0.0410. The molecule has 0 aliphatic carbocycles. The molecule has 0 saturated carbocycles. The maximum absolute atomic E-state index is 11.3. The van der Waals surface area contributed by atoms with Gasteiger partial charge in [0.25, 0.3) is 5.91 Å². The highest BCUT2D eigenvalue weighted by Crippen LogP contribution is 2.36. The molecule has 102 valence electrons. The molecular formula is C12H13ClN2O4. The molecule has 1 aliphatic heterocycles. The van der Waals surface area contributed by atoms with Gasteiger partial charge in [-0.2, -0.15) is 0 Å². The van der Waals surface area contributed by atoms with Crippen LogP contribution in [-0.4, -0.2) is 31.6 Å². The van der Waals surface area contributed by atoms with Crippen LogP contribution in [0.1, 0.15) is 6.92 Å². The van der Waals surface area contributed by atoms with E-state index in [1.807, 2.05) is 0 Å². The molecule has 2 rings (SSSR count). The number of carbonyl (C=O) groups is 2. The van der Waals surface area contributed by atoms with Gasteiger partial charge in [-0.1, -0.05) is 11.6 Å². The minimum atomic E-state index is -0.543. The molecule has 0 fully saturated rings. The standard InChI is InChI=1S/C12H13ClN2O4/c1-6(12(17)18-2)14-8-4-10-9(3-7(8)13)15-11(16)5-19-10/h3-4,6,14H,5H2,1-2H3,(H,15,16). The number of hydrogen-bond donors (Lipinski definition) is 2. The summed E-state index contributed by atoms with van der Waals surface area (Å²) in [5, 5.41) is 5.95. The smallest absolute Gasteiger partial charge is 0.327 e. The van der Waals surface area contributed by atoms with Gasteiger partial charge in [-0.05, 0) is 13.0 Å². The van der Waals surface area contributed by atoms with Crippen LogP contribution in [0.2, 0.25) is 5.02 Å². The molecule has 0 spiro atoms. The van der Waals surface area contributed by atoms with Crippen LogP contribution in [-0.2, 0) is 14.3 Å². The Kier molecular flexibility index (Phi) is 3.80. The average Bonchev–Trinajstić information content (AvgIpc) is 2.38. The van der Waals surface area contributed by atoms with Crippen molar-refractivity contribution in [2.75, 3.05) is 24.4 Å². The number of rotatable bonds is 3. The number of ether oxygens (including phenoxy) is 2. The van der Waals surface area contributed by atoms with E-state index >= 15 is 0 Å². The van der Waals surface area contributed by atoms with Crippen molar-refractivity contribution in [2.24, 2.45) is 0 Å². The summed E-state index contributed by atoms with van der Waals surface area (Å²) in [5.41, 5.74) is 1.05. The molecule has 1 aromatic carbocycles. The SMILES string of the molecule is COC(=O)C(C)Nc1cc2c(cc1Cl)NC(=O)CO2. The van der Waals surface area contributed by atoms with E-state index in [1.54, 1.807) is 19.1 Å². The second-order valence-electron chi connectivity index (χ2n) is 4.05. The van der Waals surface area contributed by atoms with E-state index in [4.69, 9.17) is 16.3 Å². The fourth-order valence-corrected chi connectivity index (χ4v) is 1.90. The van der Waals surface area contributed by atoms with Crippen LogP contribution in [0.15, 0.2) is 12.1 Å². The predicted molar refractivity (Wildman–Crippen MR) is 70.7 cm³/mol. The van der Waals surface area contributed by atoms with E-state index in [-0.39, 0.29) is 12.5 Å². The number of amides is 1. The van der Waals surface area contributed by atoms with Gasteiger partial charge < -0.3 is 20.1 Å². The Morgan fingerprint density at radius 3 is 3.00 bits per heavy atom. The predicted octanol–water partition coefficient (Wildman–Crippen LogP) is 1.64. The second-order valence-corrected chi connectivity index (χ2v) is 4.46. The van der Waals surface area contributed by atoms with E-state index in [1.165, 1.54) is 7.11 Å². The monoisotopic (exact) mass is 284 g/mol. The summed E-state index contributed by atoms with van der Waals surface area (Å²) in [5.74, 6) is -0.126. The first kappa shape index (κ1) is 13.5. The molecule has 1 atom stereocenters. The highest BCUT2D eigenvalue weighted by Gasteiger charge is 2.20. The molecule has 0 saturated heterocycles. The molecule has 0 bridgehead atoms. The molecule has 2 N–H and O–H groups in total. The van der Waals surface area contributed by atoms with E-state index in [0.29, 0.717) is 22.1 Å². The van der Waals surface area contributed by atoms with Crippen LogP contribution < -0.4 is 15.4 Å². The third kappa shape index (κ3) is 2.90. The maximum atomic E-state index is 11.3. The van der Waals surface area contributed by atoms with Crippen molar-refractivity contribution < 1.29 is 19.1 Å². The van der Waals surface area contributed by atoms with Gasteiger partial charge in [0.05, 0.1) is 23.5 Å². The van der Waals surface area contributed by atoms with E-state index in [2.05, 4.69) is 15.4 Å². The zero-order chi connectivity index (χ0) is 14.0. The lowest BCUT2D eigenvalue weighted by Crippen LogP contribution is -2.28. The molecular weight excluding hydrogens is 272 g/mol. The highest BCUT2D eigenvalue weighted by atomic mass is 35.5. The average molecular weight is 285 g/mol. The lowest BCUT2D eigenvalue weighted by Gasteiger charge is -2.21. The highest BCUT2D eigenvalue weighted by molar-refractivity contribution is 6.33. The van der Waals surface area contributed by atoms with Crippen LogP contribution in [0.25, 0.3) is 0 Å². The lowest BCUT2D eigenvalue weighted by molar-refractivity contribution is -0.141. The summed E-state index contributed by atoms with van der Waals surface area (Å²) in [6.07, 6.45) is 0. The summed E-state index contributed by atoms with van der Waals surface area (Å²) < 4.78 is 9.89. The Morgan fingerprint density at radius 2 is 2.32 bits per heavy atom. The summed E-state index contributed by atoms with van der Waals surface area (Å²) in [7, 11) is 1.31. The fourth-order valence-electron chi connectivity index (χ4n) is 1.68. The van der Waals surface area contributed by atoms with Crippen molar-refractivity contribution in [1.82, 2.24) is 0 Å². The quantitative estimate of drug-likeness (QED) is 0.825. The Hall–Kier alpha value is -1.95. The van der Waals surface area contributed by atoms with Gasteiger partial charge in [0.2, 0.25) is 0 Å². The molecule has 1 aromatic rings. The van der Waals surface area contributed by atoms with Gasteiger partial charge in [-0.15, -0.1) is 0 Å². The molecule has 7 heteroatoms. The van der Waals surface area contributed by atoms with Crippen LogP contribution >= 0.6 is 11.6 Å². The number of hydrogen-bond acceptors (Lipinski definition) is 5. The van der Waals surface area contributed by atoms with E-state index < -0.39 is 12.0 Å². The summed E-state index contributed by atoms with van der Waals surface area (Å²) in [6.45, 7) is 1.62. The van der Waals surface area contributed by atoms with Crippen molar-refractivity contribution in [3.63, 3.8) is 0 Å². The second kappa shape index (κ2) is 5.36. The Balaban J connectivity index is 2.23. The summed E-state index contributed by atoms with van der Waals surface area (Å²) >= 11 is 6.08. The first-order valence-electron chi connectivity index (χ1n) is 5.62. The van der Waals surface area contributed by atoms with Crippen LogP contribution in [0.5, 0.6) is 5.75 Å². The number of carbonyl (C=O) groups excluding carboxylic acids is 2. The van der Waals surface area contributed by atoms with E-state index in [9.17, 15) is 9.59 Å². The molecule has 19 heavy (non-hydrogen) atoms. The molecule has 1 heterocycles. The summed E-state index contributed by atoms with van der Waals surface area (Å²) in [6, 6.07) is 2.66. The molecule has 1 aliphatic rings. The van der Waals surface area contributed by atoms with E-state index in [0.717, 1.165) is 0 Å². The van der Waals surface area contributed by atoms with Crippen LogP contribution in [0.3, 0.4) is 0 Å². The van der Waals surface area contributed by atoms with Gasteiger partial charge in [-0.25, -0.2) is 4.79 Å². The van der Waals surface area contributed by atoms with Crippen molar-refractivity contribution in [1.29, 1.82) is 0 Å². The number of fused-ring (bicyclic) bond motifs is 1. The van der Waals surface area contributed by atoms with Crippen molar-refractivity contribution in [3.8, 4) is 5.75 Å². The maximum Gasteiger partial charge on any atom is 0.327 e. The fraction of sp³-hybridized carbons (Fsp3) is 0.333. The lowest BCUT2D eigenvalue weighted by atomic mass is 10.2. The number of anilines is 2. The van der Waals surface area contributed by atoms with Crippen molar-refractivity contribution in [2.45, 2.75) is 13.0 Å². The van der Waals surface area contributed by atoms with Gasteiger partial charge >= 0.3 is 5.97 Å². The first-order chi connectivity index (χ1) is 9.01. The number of nitrogens with one attached hydrogen (secondary N) is 2. The minimum Gasteiger partial charge on any atom is -0.482 e. The van der Waals surface area contributed by atoms with Crippen molar-refractivity contribution in [3.05, 3.63) is 17.2 Å². The molecule has 1 amide bonds. The van der Waals surface area contributed by atoms with Gasteiger partial charge in [-0.3, -0.25) is 4.79 Å². The molecule has 6 nitrogen and oxygen atoms in total. The Bertz CT molecular complexity index is 533. The number of halogens is 1. The molecule has 1 unspecified atom stereocenters. The van der Waals surface area contributed by atoms with Gasteiger partial charge in [0.15, 0.2) is 6.61 Å². The topological polar surface area (TPSA) is 76.7 Å².